The van der Waals surface area contributed by atoms with Gasteiger partial charge in [-0.2, -0.15) is 0 Å². The molecule has 2 aromatic rings. The Balaban J connectivity index is 1.79. The Bertz CT molecular complexity index is 1010. The van der Waals surface area contributed by atoms with Crippen LogP contribution in [0, 0.1) is 5.82 Å². The molecule has 134 valence electrons. The molecule has 0 N–H and O–H groups in total. The molecule has 0 saturated heterocycles. The number of aryl methyl sites for hydroxylation is 1. The van der Waals surface area contributed by atoms with Crippen molar-refractivity contribution in [2.75, 3.05) is 13.6 Å². The van der Waals surface area contributed by atoms with Crippen molar-refractivity contribution in [3.63, 3.8) is 0 Å². The van der Waals surface area contributed by atoms with Crippen LogP contribution in [0.15, 0.2) is 42.2 Å². The molecule has 1 aromatic heterocycles. The highest BCUT2D eigenvalue weighted by atomic mass is 19.1. The van der Waals surface area contributed by atoms with Crippen LogP contribution in [-0.4, -0.2) is 23.1 Å². The Hall–Kier alpha value is -2.42. The summed E-state index contributed by atoms with van der Waals surface area (Å²) >= 11 is 0. The summed E-state index contributed by atoms with van der Waals surface area (Å²) in [7, 11) is 2.13. The molecule has 0 bridgehead atoms. The van der Waals surface area contributed by atoms with Crippen molar-refractivity contribution >= 4 is 11.8 Å². The van der Waals surface area contributed by atoms with Crippen molar-refractivity contribution in [2.45, 2.75) is 32.4 Å². The van der Waals surface area contributed by atoms with Crippen LogP contribution in [0.2, 0.25) is 0 Å². The second kappa shape index (κ2) is 7.06. The van der Waals surface area contributed by atoms with E-state index in [2.05, 4.69) is 22.2 Å². The number of rotatable bonds is 3. The molecule has 2 heterocycles. The summed E-state index contributed by atoms with van der Waals surface area (Å²) in [6.07, 6.45) is 7.73. The Morgan fingerprint density at radius 1 is 1.12 bits per heavy atom. The van der Waals surface area contributed by atoms with E-state index in [4.69, 9.17) is 0 Å². The molecule has 1 aliphatic heterocycles. The Morgan fingerprint density at radius 2 is 1.92 bits per heavy atom. The highest BCUT2D eigenvalue weighted by molar-refractivity contribution is 5.49. The maximum atomic E-state index is 13.8. The fourth-order valence-electron chi connectivity index (χ4n) is 3.89. The highest BCUT2D eigenvalue weighted by Crippen LogP contribution is 2.16. The third-order valence-corrected chi connectivity index (χ3v) is 5.20. The van der Waals surface area contributed by atoms with Gasteiger partial charge in [-0.1, -0.05) is 12.1 Å². The fourth-order valence-corrected chi connectivity index (χ4v) is 3.89. The van der Waals surface area contributed by atoms with Gasteiger partial charge in [-0.05, 0) is 62.7 Å². The van der Waals surface area contributed by atoms with Crippen LogP contribution in [0.3, 0.4) is 0 Å². The van der Waals surface area contributed by atoms with Crippen molar-refractivity contribution in [1.82, 2.24) is 9.47 Å². The molecule has 2 aliphatic rings. The zero-order chi connectivity index (χ0) is 18.1. The first kappa shape index (κ1) is 17.0. The number of benzene rings is 1. The van der Waals surface area contributed by atoms with E-state index in [-0.39, 0.29) is 11.6 Å². The van der Waals surface area contributed by atoms with Crippen LogP contribution in [0.5, 0.6) is 0 Å². The van der Waals surface area contributed by atoms with E-state index < -0.39 is 0 Å². The maximum Gasteiger partial charge on any atom is 0.130 e. The first-order valence-electron chi connectivity index (χ1n) is 9.09. The summed E-state index contributed by atoms with van der Waals surface area (Å²) in [5.74, 6) is -0.490. The Kier molecular flexibility index (Phi) is 4.62. The van der Waals surface area contributed by atoms with Crippen LogP contribution in [0.1, 0.15) is 23.2 Å². The van der Waals surface area contributed by atoms with Gasteiger partial charge < -0.3 is 9.47 Å². The molecule has 2 nitrogen and oxygen atoms in total. The van der Waals surface area contributed by atoms with Crippen molar-refractivity contribution in [2.24, 2.45) is 0 Å². The molecule has 0 unspecified atom stereocenters. The van der Waals surface area contributed by atoms with Gasteiger partial charge in [0, 0.05) is 35.6 Å². The van der Waals surface area contributed by atoms with Crippen LogP contribution in [-0.2, 0) is 25.9 Å². The van der Waals surface area contributed by atoms with E-state index in [1.165, 1.54) is 35.5 Å². The second-order valence-corrected chi connectivity index (χ2v) is 7.06. The monoisotopic (exact) mass is 352 g/mol. The number of fused-ring (bicyclic) bond motifs is 3. The maximum absolute atomic E-state index is 13.8. The first-order chi connectivity index (χ1) is 12.6. The second-order valence-electron chi connectivity index (χ2n) is 7.06. The first-order valence-corrected chi connectivity index (χ1v) is 9.09. The smallest absolute Gasteiger partial charge is 0.130 e. The minimum atomic E-state index is -0.276. The number of hydrogen-bond donors (Lipinski definition) is 0. The molecule has 0 fully saturated rings. The van der Waals surface area contributed by atoms with Crippen molar-refractivity contribution < 1.29 is 8.78 Å². The van der Waals surface area contributed by atoms with Gasteiger partial charge in [0.1, 0.15) is 11.6 Å². The van der Waals surface area contributed by atoms with Gasteiger partial charge >= 0.3 is 0 Å². The summed E-state index contributed by atoms with van der Waals surface area (Å²) in [6, 6.07) is 6.67. The summed E-state index contributed by atoms with van der Waals surface area (Å²) in [4.78, 5) is 2.31. The van der Waals surface area contributed by atoms with E-state index in [1.807, 2.05) is 18.2 Å². The van der Waals surface area contributed by atoms with Crippen LogP contribution < -0.4 is 10.6 Å². The molecule has 26 heavy (non-hydrogen) atoms. The number of hydrogen-bond acceptors (Lipinski definition) is 1. The van der Waals surface area contributed by atoms with Gasteiger partial charge in [0.25, 0.3) is 0 Å². The van der Waals surface area contributed by atoms with Gasteiger partial charge in [0.05, 0.1) is 5.35 Å². The van der Waals surface area contributed by atoms with Crippen molar-refractivity contribution in [3.05, 3.63) is 75.5 Å². The molecular weight excluding hydrogens is 330 g/mol. The molecule has 0 radical (unpaired) electrons. The molecule has 0 saturated carbocycles. The molecule has 0 amide bonds. The Morgan fingerprint density at radius 3 is 2.73 bits per heavy atom. The normalized spacial score (nSPS) is 16.7. The summed E-state index contributed by atoms with van der Waals surface area (Å²) in [5.41, 5.74) is 6.87. The number of allylic oxidation sites excluding steroid dienone is 3. The number of halogens is 2. The lowest BCUT2D eigenvalue weighted by molar-refractivity contribution is 0.331. The van der Waals surface area contributed by atoms with E-state index in [0.29, 0.717) is 0 Å². The van der Waals surface area contributed by atoms with E-state index in [1.54, 1.807) is 0 Å². The molecule has 1 aromatic carbocycles. The molecule has 4 rings (SSSR count). The minimum Gasteiger partial charge on any atom is -0.343 e. The largest absolute Gasteiger partial charge is 0.343 e. The Labute approximate surface area is 152 Å². The SMILES string of the molecule is CN1CCCc2c(c3c(n2CCc2ccc(F)cc2)=CC=C(F)C=C=3)C1. The molecule has 1 aliphatic carbocycles. The fraction of sp³-hybridized carbons (Fsp3) is 0.318. The third-order valence-electron chi connectivity index (χ3n) is 5.20. The van der Waals surface area contributed by atoms with E-state index in [9.17, 15) is 8.78 Å². The average molecular weight is 352 g/mol. The third kappa shape index (κ3) is 3.31. The molecular formula is C22H22F2N2. The summed E-state index contributed by atoms with van der Waals surface area (Å²) in [5, 5.41) is 2.04. The standard InChI is InChI=1S/C22H22F2N2/c1-25-13-2-3-21-20(15-25)19-10-8-18(24)9-11-22(19)26(21)14-12-16-4-6-17(23)7-5-16/h4-9,11H,2-3,12-15H2,1H3. The number of aromatic nitrogens is 1. The van der Waals surface area contributed by atoms with Gasteiger partial charge in [0.15, 0.2) is 0 Å². The van der Waals surface area contributed by atoms with Gasteiger partial charge in [-0.15, -0.1) is 5.73 Å². The van der Waals surface area contributed by atoms with Crippen LogP contribution in [0.25, 0.3) is 11.8 Å². The zero-order valence-corrected chi connectivity index (χ0v) is 14.9. The average Bonchev–Trinajstić information content (AvgIpc) is 2.78. The predicted molar refractivity (Wildman–Crippen MR) is 100 cm³/mol. The lowest BCUT2D eigenvalue weighted by atomic mass is 10.1. The predicted octanol–water partition coefficient (Wildman–Crippen LogP) is 2.83. The number of nitrogens with zero attached hydrogens (tertiary/aromatic N) is 2. The topological polar surface area (TPSA) is 8.17 Å². The summed E-state index contributed by atoms with van der Waals surface area (Å²) in [6.45, 7) is 2.71. The van der Waals surface area contributed by atoms with Crippen LogP contribution >= 0.6 is 0 Å². The molecule has 4 heteroatoms. The van der Waals surface area contributed by atoms with Crippen molar-refractivity contribution in [1.29, 1.82) is 0 Å². The van der Waals surface area contributed by atoms with Gasteiger partial charge in [-0.25, -0.2) is 8.78 Å². The molecule has 0 atom stereocenters. The summed E-state index contributed by atoms with van der Waals surface area (Å²) < 4.78 is 29.2. The van der Waals surface area contributed by atoms with Crippen molar-refractivity contribution in [3.8, 4) is 0 Å². The minimum absolute atomic E-state index is 0.214. The van der Waals surface area contributed by atoms with E-state index in [0.717, 1.165) is 55.0 Å². The van der Waals surface area contributed by atoms with Gasteiger partial charge in [-0.3, -0.25) is 0 Å². The zero-order valence-electron chi connectivity index (χ0n) is 14.9. The van der Waals surface area contributed by atoms with Crippen LogP contribution in [0.4, 0.5) is 8.78 Å². The van der Waals surface area contributed by atoms with E-state index >= 15 is 0 Å². The lowest BCUT2D eigenvalue weighted by Crippen LogP contribution is -2.32. The molecule has 0 spiro atoms. The highest BCUT2D eigenvalue weighted by Gasteiger charge is 2.19. The quantitative estimate of drug-likeness (QED) is 0.825. The van der Waals surface area contributed by atoms with Gasteiger partial charge in [0.2, 0.25) is 0 Å². The lowest BCUT2D eigenvalue weighted by Gasteiger charge is -2.11.